The van der Waals surface area contributed by atoms with Gasteiger partial charge in [-0.05, 0) is 34.5 Å². The third-order valence-electron chi connectivity index (χ3n) is 3.76. The smallest absolute Gasteiger partial charge is 0.128 e. The quantitative estimate of drug-likeness (QED) is 0.900. The molecule has 0 spiro atoms. The van der Waals surface area contributed by atoms with E-state index < -0.39 is 0 Å². The minimum absolute atomic E-state index is 0.546. The number of hydrogen-bond donors (Lipinski definition) is 1. The minimum Gasteiger partial charge on any atom is -0.354 e. The van der Waals surface area contributed by atoms with Gasteiger partial charge in [-0.3, -0.25) is 4.90 Å². The lowest BCUT2D eigenvalue weighted by Crippen LogP contribution is -2.52. The van der Waals surface area contributed by atoms with Crippen LogP contribution < -0.4 is 10.6 Å². The average Bonchev–Trinajstić information content (AvgIpc) is 2.46. The summed E-state index contributed by atoms with van der Waals surface area (Å²) in [6.45, 7) is 7.23. The van der Waals surface area contributed by atoms with Crippen molar-refractivity contribution in [3.05, 3.63) is 22.8 Å². The maximum Gasteiger partial charge on any atom is 0.128 e. The van der Waals surface area contributed by atoms with Crippen molar-refractivity contribution in [1.29, 1.82) is 0 Å². The number of nitrogens with zero attached hydrogens (tertiary/aromatic N) is 3. The van der Waals surface area contributed by atoms with Gasteiger partial charge in [0.25, 0.3) is 0 Å². The van der Waals surface area contributed by atoms with Crippen molar-refractivity contribution in [2.24, 2.45) is 5.73 Å². The van der Waals surface area contributed by atoms with Crippen LogP contribution in [0.25, 0.3) is 0 Å². The number of aromatic nitrogens is 1. The molecule has 1 fully saturated rings. The van der Waals surface area contributed by atoms with E-state index in [1.54, 1.807) is 0 Å². The first-order valence-corrected chi connectivity index (χ1v) is 7.84. The van der Waals surface area contributed by atoms with E-state index in [1.807, 2.05) is 6.20 Å². The van der Waals surface area contributed by atoms with E-state index in [-0.39, 0.29) is 0 Å². The van der Waals surface area contributed by atoms with Crippen molar-refractivity contribution in [2.45, 2.75) is 25.8 Å². The van der Waals surface area contributed by atoms with E-state index in [0.717, 1.165) is 43.0 Å². The van der Waals surface area contributed by atoms with Gasteiger partial charge in [-0.25, -0.2) is 4.98 Å². The maximum absolute atomic E-state index is 5.88. The highest BCUT2D eigenvalue weighted by Gasteiger charge is 2.22. The first kappa shape index (κ1) is 14.8. The van der Waals surface area contributed by atoms with Gasteiger partial charge in [0.2, 0.25) is 0 Å². The van der Waals surface area contributed by atoms with E-state index in [2.05, 4.69) is 49.8 Å². The molecule has 1 aromatic rings. The van der Waals surface area contributed by atoms with E-state index >= 15 is 0 Å². The molecule has 4 nitrogen and oxygen atoms in total. The molecule has 1 saturated heterocycles. The summed E-state index contributed by atoms with van der Waals surface area (Å²) in [4.78, 5) is 9.34. The number of nitrogens with two attached hydrogens (primary N) is 1. The molecule has 1 unspecified atom stereocenters. The zero-order valence-corrected chi connectivity index (χ0v) is 13.1. The maximum atomic E-state index is 5.88. The first-order valence-electron chi connectivity index (χ1n) is 7.05. The monoisotopic (exact) mass is 326 g/mol. The summed E-state index contributed by atoms with van der Waals surface area (Å²) in [6, 6.07) is 4.67. The lowest BCUT2D eigenvalue weighted by atomic mass is 10.1. The molecule has 1 aliphatic heterocycles. The Kier molecular flexibility index (Phi) is 5.60. The number of anilines is 1. The Labute approximate surface area is 124 Å². The Balaban J connectivity index is 1.89. The second kappa shape index (κ2) is 7.22. The molecule has 2 rings (SSSR count). The molecule has 2 heterocycles. The van der Waals surface area contributed by atoms with Crippen LogP contribution in [-0.4, -0.2) is 48.6 Å². The van der Waals surface area contributed by atoms with Crippen LogP contribution >= 0.6 is 15.9 Å². The predicted molar refractivity (Wildman–Crippen MR) is 83.5 cm³/mol. The van der Waals surface area contributed by atoms with E-state index in [4.69, 9.17) is 5.73 Å². The molecule has 0 aliphatic carbocycles. The summed E-state index contributed by atoms with van der Waals surface area (Å²) < 4.78 is 1.03. The normalized spacial score (nSPS) is 18.6. The molecule has 5 heteroatoms. The summed E-state index contributed by atoms with van der Waals surface area (Å²) in [7, 11) is 0. The number of piperazine rings is 1. The molecular weight excluding hydrogens is 304 g/mol. The van der Waals surface area contributed by atoms with Crippen LogP contribution in [-0.2, 0) is 0 Å². The molecule has 19 heavy (non-hydrogen) atoms. The fraction of sp³-hybridized carbons (Fsp3) is 0.643. The Morgan fingerprint density at radius 2 is 2.05 bits per heavy atom. The third-order valence-corrected chi connectivity index (χ3v) is 4.23. The number of halogens is 1. The summed E-state index contributed by atoms with van der Waals surface area (Å²) in [5, 5.41) is 0. The highest BCUT2D eigenvalue weighted by molar-refractivity contribution is 9.10. The molecule has 0 saturated carbocycles. The Morgan fingerprint density at radius 3 is 2.58 bits per heavy atom. The average molecular weight is 327 g/mol. The van der Waals surface area contributed by atoms with Crippen LogP contribution in [0.1, 0.15) is 19.8 Å². The molecule has 1 atom stereocenters. The van der Waals surface area contributed by atoms with Gasteiger partial charge in [0.05, 0.1) is 0 Å². The summed E-state index contributed by atoms with van der Waals surface area (Å²) in [5.41, 5.74) is 5.88. The zero-order chi connectivity index (χ0) is 13.7. The van der Waals surface area contributed by atoms with Crippen LogP contribution in [0.4, 0.5) is 5.82 Å². The third kappa shape index (κ3) is 3.91. The summed E-state index contributed by atoms with van der Waals surface area (Å²) in [5.74, 6) is 1.07. The fourth-order valence-corrected chi connectivity index (χ4v) is 2.89. The number of hydrogen-bond acceptors (Lipinski definition) is 4. The van der Waals surface area contributed by atoms with Crippen LogP contribution in [0, 0.1) is 0 Å². The molecule has 1 aromatic heterocycles. The highest BCUT2D eigenvalue weighted by Crippen LogP contribution is 2.18. The van der Waals surface area contributed by atoms with E-state index in [1.165, 1.54) is 12.8 Å². The van der Waals surface area contributed by atoms with Crippen LogP contribution in [0.15, 0.2) is 22.8 Å². The van der Waals surface area contributed by atoms with E-state index in [9.17, 15) is 0 Å². The molecule has 0 amide bonds. The van der Waals surface area contributed by atoms with Gasteiger partial charge in [0.15, 0.2) is 0 Å². The zero-order valence-electron chi connectivity index (χ0n) is 11.6. The largest absolute Gasteiger partial charge is 0.354 e. The second-order valence-electron chi connectivity index (χ2n) is 5.04. The Bertz CT molecular complexity index is 374. The Morgan fingerprint density at radius 1 is 1.32 bits per heavy atom. The van der Waals surface area contributed by atoms with Crippen molar-refractivity contribution < 1.29 is 0 Å². The van der Waals surface area contributed by atoms with Gasteiger partial charge >= 0.3 is 0 Å². The lowest BCUT2D eigenvalue weighted by Gasteiger charge is -2.39. The molecule has 0 radical (unpaired) electrons. The SMILES string of the molecule is CCCC(CN)N1CCN(c2ccc(Br)cn2)CC1. The predicted octanol–water partition coefficient (Wildman–Crippen LogP) is 2.09. The molecule has 1 aliphatic rings. The number of rotatable bonds is 5. The van der Waals surface area contributed by atoms with Gasteiger partial charge in [0.1, 0.15) is 5.82 Å². The molecule has 0 bridgehead atoms. The Hall–Kier alpha value is -0.650. The van der Waals surface area contributed by atoms with Gasteiger partial charge in [0, 0.05) is 49.4 Å². The van der Waals surface area contributed by atoms with Gasteiger partial charge in [-0.2, -0.15) is 0 Å². The van der Waals surface area contributed by atoms with Gasteiger partial charge in [-0.15, -0.1) is 0 Å². The topological polar surface area (TPSA) is 45.4 Å². The minimum atomic E-state index is 0.546. The number of pyridine rings is 1. The molecular formula is C14H23BrN4. The van der Waals surface area contributed by atoms with Crippen molar-refractivity contribution in [3.8, 4) is 0 Å². The van der Waals surface area contributed by atoms with Crippen LogP contribution in [0.2, 0.25) is 0 Å². The molecule has 0 aromatic carbocycles. The highest BCUT2D eigenvalue weighted by atomic mass is 79.9. The lowest BCUT2D eigenvalue weighted by molar-refractivity contribution is 0.179. The first-order chi connectivity index (χ1) is 9.24. The van der Waals surface area contributed by atoms with Gasteiger partial charge < -0.3 is 10.6 Å². The van der Waals surface area contributed by atoms with Gasteiger partial charge in [-0.1, -0.05) is 13.3 Å². The second-order valence-corrected chi connectivity index (χ2v) is 5.95. The van der Waals surface area contributed by atoms with Crippen molar-refractivity contribution >= 4 is 21.7 Å². The summed E-state index contributed by atoms with van der Waals surface area (Å²) in [6.07, 6.45) is 4.27. The van der Waals surface area contributed by atoms with Crippen LogP contribution in [0.5, 0.6) is 0 Å². The van der Waals surface area contributed by atoms with Crippen molar-refractivity contribution in [2.75, 3.05) is 37.6 Å². The molecule has 2 N–H and O–H groups in total. The fourth-order valence-electron chi connectivity index (χ4n) is 2.65. The standard InChI is InChI=1S/C14H23BrN4/c1-2-3-13(10-16)18-6-8-19(9-7-18)14-5-4-12(15)11-17-14/h4-5,11,13H,2-3,6-10,16H2,1H3. The molecule has 106 valence electrons. The van der Waals surface area contributed by atoms with Crippen molar-refractivity contribution in [3.63, 3.8) is 0 Å². The summed E-state index contributed by atoms with van der Waals surface area (Å²) >= 11 is 3.42. The van der Waals surface area contributed by atoms with Crippen LogP contribution in [0.3, 0.4) is 0 Å². The van der Waals surface area contributed by atoms with E-state index in [0.29, 0.717) is 6.04 Å². The van der Waals surface area contributed by atoms with Crippen molar-refractivity contribution in [1.82, 2.24) is 9.88 Å².